The van der Waals surface area contributed by atoms with Gasteiger partial charge in [0.15, 0.2) is 0 Å². The summed E-state index contributed by atoms with van der Waals surface area (Å²) in [7, 11) is 2.17. The zero-order chi connectivity index (χ0) is 23.8. The molecule has 1 aromatic carbocycles. The Kier molecular flexibility index (Phi) is 6.80. The predicted molar refractivity (Wildman–Crippen MR) is 130 cm³/mol. The maximum absolute atomic E-state index is 12.7. The topological polar surface area (TPSA) is 76.6 Å². The summed E-state index contributed by atoms with van der Waals surface area (Å²) in [5.41, 5.74) is 9.16. The van der Waals surface area contributed by atoms with Crippen molar-refractivity contribution in [3.63, 3.8) is 0 Å². The summed E-state index contributed by atoms with van der Waals surface area (Å²) in [5, 5.41) is 0. The number of carbonyl (C=O) groups excluding carboxylic acids is 1. The summed E-state index contributed by atoms with van der Waals surface area (Å²) in [5.74, 6) is 0.490. The van der Waals surface area contributed by atoms with Gasteiger partial charge in [-0.15, -0.1) is 0 Å². The highest BCUT2D eigenvalue weighted by Gasteiger charge is 2.33. The number of imidazole rings is 1. The lowest BCUT2D eigenvalue weighted by Gasteiger charge is -2.35. The smallest absolute Gasteiger partial charge is 0.410 e. The minimum Gasteiger partial charge on any atom is -0.444 e. The van der Waals surface area contributed by atoms with Crippen LogP contribution in [0.2, 0.25) is 0 Å². The number of nitrogens with zero attached hydrogens (tertiary/aromatic N) is 4. The fraction of sp³-hybridized carbons (Fsp3) is 0.680. The van der Waals surface area contributed by atoms with Gasteiger partial charge in [0, 0.05) is 25.7 Å². The Balaban J connectivity index is 1.77. The monoisotopic (exact) mass is 443 g/mol. The third-order valence-corrected chi connectivity index (χ3v) is 6.59. The van der Waals surface area contributed by atoms with Gasteiger partial charge in [-0.05, 0) is 70.7 Å². The second-order valence-corrected chi connectivity index (χ2v) is 11.3. The fourth-order valence-electron chi connectivity index (χ4n) is 4.37. The Morgan fingerprint density at radius 1 is 1.28 bits per heavy atom. The zero-order valence-electron chi connectivity index (χ0n) is 21.1. The average Bonchev–Trinajstić information content (AvgIpc) is 3.23. The van der Waals surface area contributed by atoms with Crippen LogP contribution >= 0.6 is 0 Å². The molecule has 32 heavy (non-hydrogen) atoms. The lowest BCUT2D eigenvalue weighted by atomic mass is 9.87. The molecule has 178 valence electrons. The zero-order valence-corrected chi connectivity index (χ0v) is 21.1. The number of benzene rings is 1. The molecule has 1 saturated heterocycles. The number of anilines is 1. The van der Waals surface area contributed by atoms with Crippen molar-refractivity contribution in [3.05, 3.63) is 23.8 Å². The van der Waals surface area contributed by atoms with Crippen molar-refractivity contribution >= 4 is 23.1 Å². The first-order chi connectivity index (χ1) is 14.8. The first kappa shape index (κ1) is 24.4. The van der Waals surface area contributed by atoms with Gasteiger partial charge in [-0.1, -0.05) is 26.8 Å². The molecule has 1 aliphatic heterocycles. The molecule has 2 unspecified atom stereocenters. The molecule has 1 fully saturated rings. The molecule has 3 rings (SSSR count). The van der Waals surface area contributed by atoms with Crippen LogP contribution in [-0.4, -0.2) is 56.7 Å². The second kappa shape index (κ2) is 8.93. The van der Waals surface area contributed by atoms with E-state index in [-0.39, 0.29) is 17.6 Å². The number of nitrogens with two attached hydrogens (primary N) is 1. The summed E-state index contributed by atoms with van der Waals surface area (Å²) in [6, 6.07) is 6.90. The van der Waals surface area contributed by atoms with Crippen molar-refractivity contribution in [1.82, 2.24) is 19.4 Å². The number of aromatic nitrogens is 2. The quantitative estimate of drug-likeness (QED) is 0.712. The summed E-state index contributed by atoms with van der Waals surface area (Å²) in [6.07, 6.45) is 1.66. The van der Waals surface area contributed by atoms with Crippen LogP contribution in [0.15, 0.2) is 18.2 Å². The van der Waals surface area contributed by atoms with Gasteiger partial charge in [-0.3, -0.25) is 4.90 Å². The summed E-state index contributed by atoms with van der Waals surface area (Å²) in [4.78, 5) is 21.5. The van der Waals surface area contributed by atoms with E-state index in [1.807, 2.05) is 30.2 Å². The largest absolute Gasteiger partial charge is 0.444 e. The van der Waals surface area contributed by atoms with Crippen LogP contribution in [0.4, 0.5) is 10.7 Å². The Bertz CT molecular complexity index is 954. The van der Waals surface area contributed by atoms with Crippen molar-refractivity contribution in [2.45, 2.75) is 92.1 Å². The third-order valence-electron chi connectivity index (χ3n) is 6.59. The Hall–Kier alpha value is -2.28. The van der Waals surface area contributed by atoms with Crippen LogP contribution < -0.4 is 5.73 Å². The molecule has 1 aliphatic rings. The van der Waals surface area contributed by atoms with E-state index in [0.29, 0.717) is 25.1 Å². The summed E-state index contributed by atoms with van der Waals surface area (Å²) in [6.45, 7) is 17.0. The van der Waals surface area contributed by atoms with E-state index in [0.717, 1.165) is 30.4 Å². The fourth-order valence-corrected chi connectivity index (χ4v) is 4.37. The summed E-state index contributed by atoms with van der Waals surface area (Å²) >= 11 is 0. The van der Waals surface area contributed by atoms with Gasteiger partial charge in [0.1, 0.15) is 5.60 Å². The number of ether oxygens (including phenoxy) is 1. The van der Waals surface area contributed by atoms with Crippen molar-refractivity contribution < 1.29 is 9.53 Å². The van der Waals surface area contributed by atoms with Crippen LogP contribution in [-0.2, 0) is 17.8 Å². The van der Waals surface area contributed by atoms with Crippen molar-refractivity contribution in [2.75, 3.05) is 19.3 Å². The number of carbonyl (C=O) groups is 1. The van der Waals surface area contributed by atoms with Gasteiger partial charge >= 0.3 is 6.09 Å². The number of amides is 1. The first-order valence-corrected chi connectivity index (χ1v) is 11.7. The van der Waals surface area contributed by atoms with E-state index in [4.69, 9.17) is 10.5 Å². The van der Waals surface area contributed by atoms with E-state index in [2.05, 4.69) is 62.8 Å². The van der Waals surface area contributed by atoms with E-state index < -0.39 is 5.60 Å². The molecule has 1 amide bonds. The first-order valence-electron chi connectivity index (χ1n) is 11.7. The molecule has 1 aromatic heterocycles. The van der Waals surface area contributed by atoms with Crippen LogP contribution in [0.3, 0.4) is 0 Å². The molecule has 2 aromatic rings. The van der Waals surface area contributed by atoms with E-state index in [9.17, 15) is 4.79 Å². The summed E-state index contributed by atoms with van der Waals surface area (Å²) < 4.78 is 7.65. The molecule has 0 bridgehead atoms. The Morgan fingerprint density at radius 3 is 2.59 bits per heavy atom. The number of nitrogen functional groups attached to an aromatic ring is 1. The molecule has 2 N–H and O–H groups in total. The molecule has 0 saturated carbocycles. The van der Waals surface area contributed by atoms with Crippen LogP contribution in [0.1, 0.15) is 66.9 Å². The minimum atomic E-state index is -0.501. The van der Waals surface area contributed by atoms with Gasteiger partial charge in [0.05, 0.1) is 17.1 Å². The van der Waals surface area contributed by atoms with Gasteiger partial charge < -0.3 is 19.9 Å². The molecule has 0 aliphatic carbocycles. The van der Waals surface area contributed by atoms with E-state index >= 15 is 0 Å². The molecule has 7 nitrogen and oxygen atoms in total. The normalized spacial score (nSPS) is 18.5. The van der Waals surface area contributed by atoms with E-state index in [1.165, 1.54) is 5.56 Å². The maximum Gasteiger partial charge on any atom is 0.410 e. The van der Waals surface area contributed by atoms with Gasteiger partial charge in [0.25, 0.3) is 0 Å². The van der Waals surface area contributed by atoms with Gasteiger partial charge in [-0.25, -0.2) is 9.78 Å². The van der Waals surface area contributed by atoms with Crippen LogP contribution in [0.5, 0.6) is 0 Å². The van der Waals surface area contributed by atoms with Gasteiger partial charge in [-0.2, -0.15) is 0 Å². The van der Waals surface area contributed by atoms with Crippen LogP contribution in [0.25, 0.3) is 11.0 Å². The van der Waals surface area contributed by atoms with E-state index in [1.54, 1.807) is 0 Å². The number of rotatable bonds is 5. The van der Waals surface area contributed by atoms with Crippen molar-refractivity contribution in [3.8, 4) is 0 Å². The molecule has 2 atom stereocenters. The van der Waals surface area contributed by atoms with Crippen LogP contribution in [0, 0.1) is 5.41 Å². The highest BCUT2D eigenvalue weighted by atomic mass is 16.6. The Labute approximate surface area is 192 Å². The Morgan fingerprint density at radius 2 is 1.97 bits per heavy atom. The van der Waals surface area contributed by atoms with Gasteiger partial charge in [0.2, 0.25) is 5.95 Å². The number of likely N-dealkylation sites (tertiary alicyclic amines) is 1. The highest BCUT2D eigenvalue weighted by molar-refractivity contribution is 5.79. The SMILES string of the molecule is CC(N(C)Cc1ccc2c(c1)nc(N)n2CC1CCCN1C(=O)OC(C)(C)C)C(C)(C)C. The van der Waals surface area contributed by atoms with Crippen molar-refractivity contribution in [2.24, 2.45) is 5.41 Å². The molecular weight excluding hydrogens is 402 g/mol. The molecular formula is C25H41N5O2. The lowest BCUT2D eigenvalue weighted by molar-refractivity contribution is 0.0215. The number of hydrogen-bond donors (Lipinski definition) is 1. The molecule has 0 spiro atoms. The maximum atomic E-state index is 12.7. The minimum absolute atomic E-state index is 0.0583. The highest BCUT2D eigenvalue weighted by Crippen LogP contribution is 2.28. The lowest BCUT2D eigenvalue weighted by Crippen LogP contribution is -2.41. The standard InChI is InChI=1S/C25H41N5O2/c1-17(24(2,3)4)28(8)15-18-11-12-21-20(14-18)27-22(26)30(21)16-19-10-9-13-29(19)23(31)32-25(5,6)7/h11-12,14,17,19H,9-10,13,15-16H2,1-8H3,(H2,26,27). The second-order valence-electron chi connectivity index (χ2n) is 11.3. The third kappa shape index (κ3) is 5.55. The molecule has 0 radical (unpaired) electrons. The van der Waals surface area contributed by atoms with Crippen molar-refractivity contribution in [1.29, 1.82) is 0 Å². The average molecular weight is 444 g/mol. The molecule has 7 heteroatoms. The molecule has 2 heterocycles. The number of hydrogen-bond acceptors (Lipinski definition) is 5. The number of fused-ring (bicyclic) bond motifs is 1. The predicted octanol–water partition coefficient (Wildman–Crippen LogP) is 4.88.